The van der Waals surface area contributed by atoms with Crippen LogP contribution in [0.15, 0.2) is 24.5 Å². The lowest BCUT2D eigenvalue weighted by Gasteiger charge is -1.94. The van der Waals surface area contributed by atoms with E-state index in [1.165, 1.54) is 6.08 Å². The van der Waals surface area contributed by atoms with E-state index >= 15 is 0 Å². The number of pyridine rings is 1. The molecule has 0 saturated heterocycles. The van der Waals surface area contributed by atoms with Gasteiger partial charge < -0.3 is 10.7 Å². The third-order valence-corrected chi connectivity index (χ3v) is 2.15. The van der Waals surface area contributed by atoms with E-state index in [9.17, 15) is 9.59 Å². The molecule has 0 aliphatic heterocycles. The molecular weight excluding hydrogens is 206 g/mol. The Balaban J connectivity index is 2.49. The summed E-state index contributed by atoms with van der Waals surface area (Å²) in [7, 11) is 0. The number of fused-ring (bicyclic) bond motifs is 1. The molecule has 2 heterocycles. The lowest BCUT2D eigenvalue weighted by atomic mass is 10.2. The Morgan fingerprint density at radius 1 is 1.50 bits per heavy atom. The topological polar surface area (TPSA) is 88.8 Å². The van der Waals surface area contributed by atoms with Crippen LogP contribution in [0, 0.1) is 0 Å². The van der Waals surface area contributed by atoms with Crippen molar-refractivity contribution in [2.45, 2.75) is 0 Å². The Morgan fingerprint density at radius 2 is 2.31 bits per heavy atom. The molecular formula is C11H9N3O2. The van der Waals surface area contributed by atoms with Crippen molar-refractivity contribution in [2.75, 3.05) is 0 Å². The number of carbonyl (C=O) groups excluding carboxylic acids is 2. The average molecular weight is 215 g/mol. The number of aldehydes is 1. The number of H-pyrrole nitrogens is 1. The van der Waals surface area contributed by atoms with Gasteiger partial charge in [0.1, 0.15) is 5.65 Å². The summed E-state index contributed by atoms with van der Waals surface area (Å²) in [5.41, 5.74) is 6.87. The molecule has 2 rings (SSSR count). The molecule has 0 spiro atoms. The van der Waals surface area contributed by atoms with E-state index in [1.54, 1.807) is 24.5 Å². The number of primary amides is 1. The van der Waals surface area contributed by atoms with E-state index in [2.05, 4.69) is 9.97 Å². The average Bonchev–Trinajstić information content (AvgIpc) is 2.68. The molecule has 0 aliphatic carbocycles. The van der Waals surface area contributed by atoms with Gasteiger partial charge >= 0.3 is 0 Å². The summed E-state index contributed by atoms with van der Waals surface area (Å²) in [6.45, 7) is 0. The van der Waals surface area contributed by atoms with Gasteiger partial charge in [-0.25, -0.2) is 4.98 Å². The number of rotatable bonds is 3. The molecule has 16 heavy (non-hydrogen) atoms. The summed E-state index contributed by atoms with van der Waals surface area (Å²) in [5, 5.41) is 0.724. The van der Waals surface area contributed by atoms with Crippen LogP contribution in [-0.4, -0.2) is 22.2 Å². The van der Waals surface area contributed by atoms with Crippen LogP contribution < -0.4 is 5.73 Å². The van der Waals surface area contributed by atoms with Gasteiger partial charge in [0, 0.05) is 29.4 Å². The van der Waals surface area contributed by atoms with Gasteiger partial charge in [0.05, 0.1) is 0 Å². The van der Waals surface area contributed by atoms with Crippen LogP contribution in [0.2, 0.25) is 0 Å². The highest BCUT2D eigenvalue weighted by Gasteiger charge is 2.03. The number of nitrogens with two attached hydrogens (primary N) is 1. The number of nitrogens with one attached hydrogen (secondary N) is 1. The maximum absolute atomic E-state index is 10.7. The van der Waals surface area contributed by atoms with E-state index in [0.717, 1.165) is 11.7 Å². The minimum absolute atomic E-state index is 0.523. The number of hydrogen-bond donors (Lipinski definition) is 2. The highest BCUT2D eigenvalue weighted by molar-refractivity contribution is 5.97. The first kappa shape index (κ1) is 10.1. The molecule has 0 saturated carbocycles. The van der Waals surface area contributed by atoms with Crippen molar-refractivity contribution in [3.05, 3.63) is 35.7 Å². The van der Waals surface area contributed by atoms with E-state index in [4.69, 9.17) is 5.73 Å². The SMILES string of the molecule is NC(=O)C=Cc1cnc2[nH]cc(C=O)c2c1. The molecule has 0 fully saturated rings. The second kappa shape index (κ2) is 3.98. The zero-order valence-corrected chi connectivity index (χ0v) is 8.31. The van der Waals surface area contributed by atoms with Crippen LogP contribution in [0.3, 0.4) is 0 Å². The molecule has 2 aromatic rings. The lowest BCUT2D eigenvalue weighted by Crippen LogP contribution is -2.05. The maximum Gasteiger partial charge on any atom is 0.241 e. The van der Waals surface area contributed by atoms with Gasteiger partial charge in [0.15, 0.2) is 6.29 Å². The fraction of sp³-hybridized carbons (Fsp3) is 0. The van der Waals surface area contributed by atoms with Crippen molar-refractivity contribution < 1.29 is 9.59 Å². The first-order valence-electron chi connectivity index (χ1n) is 4.60. The second-order valence-electron chi connectivity index (χ2n) is 3.26. The largest absolute Gasteiger partial charge is 0.366 e. The zero-order valence-electron chi connectivity index (χ0n) is 8.31. The van der Waals surface area contributed by atoms with Crippen LogP contribution in [0.4, 0.5) is 0 Å². The van der Waals surface area contributed by atoms with E-state index in [0.29, 0.717) is 16.8 Å². The Kier molecular flexibility index (Phi) is 2.51. The number of aromatic nitrogens is 2. The molecule has 0 unspecified atom stereocenters. The van der Waals surface area contributed by atoms with Gasteiger partial charge in [0.25, 0.3) is 0 Å². The normalized spacial score (nSPS) is 11.0. The minimum atomic E-state index is -0.523. The number of nitrogens with zero attached hydrogens (tertiary/aromatic N) is 1. The van der Waals surface area contributed by atoms with Gasteiger partial charge in [0.2, 0.25) is 5.91 Å². The smallest absolute Gasteiger partial charge is 0.241 e. The Bertz CT molecular complexity index is 584. The summed E-state index contributed by atoms with van der Waals surface area (Å²) < 4.78 is 0. The first-order valence-corrected chi connectivity index (χ1v) is 4.60. The van der Waals surface area contributed by atoms with Crippen molar-refractivity contribution in [2.24, 2.45) is 5.73 Å². The van der Waals surface area contributed by atoms with Crippen molar-refractivity contribution in [3.63, 3.8) is 0 Å². The van der Waals surface area contributed by atoms with Crippen molar-refractivity contribution >= 4 is 29.3 Å². The molecule has 0 aromatic carbocycles. The highest BCUT2D eigenvalue weighted by Crippen LogP contribution is 2.16. The van der Waals surface area contributed by atoms with Crippen molar-refractivity contribution in [1.82, 2.24) is 9.97 Å². The third kappa shape index (κ3) is 1.83. The summed E-state index contributed by atoms with van der Waals surface area (Å²) in [5.74, 6) is -0.523. The molecule has 5 heteroatoms. The molecule has 3 N–H and O–H groups in total. The van der Waals surface area contributed by atoms with Crippen LogP contribution in [0.25, 0.3) is 17.1 Å². The molecule has 5 nitrogen and oxygen atoms in total. The van der Waals surface area contributed by atoms with Gasteiger partial charge in [-0.05, 0) is 17.7 Å². The van der Waals surface area contributed by atoms with Gasteiger partial charge in [-0.3, -0.25) is 9.59 Å². The number of aromatic amines is 1. The monoisotopic (exact) mass is 215 g/mol. The summed E-state index contributed by atoms with van der Waals surface area (Å²) in [6, 6.07) is 1.77. The molecule has 0 atom stereocenters. The van der Waals surface area contributed by atoms with Crippen molar-refractivity contribution in [1.29, 1.82) is 0 Å². The van der Waals surface area contributed by atoms with Gasteiger partial charge in [-0.15, -0.1) is 0 Å². The Hall–Kier alpha value is -2.43. The highest BCUT2D eigenvalue weighted by atomic mass is 16.1. The Morgan fingerprint density at radius 3 is 3.00 bits per heavy atom. The summed E-state index contributed by atoms with van der Waals surface area (Å²) in [4.78, 5) is 28.3. The molecule has 0 radical (unpaired) electrons. The van der Waals surface area contributed by atoms with E-state index in [1.807, 2.05) is 0 Å². The molecule has 0 aliphatic rings. The number of carbonyl (C=O) groups is 2. The van der Waals surface area contributed by atoms with Crippen LogP contribution in [-0.2, 0) is 4.79 Å². The zero-order chi connectivity index (χ0) is 11.5. The number of hydrogen-bond acceptors (Lipinski definition) is 3. The van der Waals surface area contributed by atoms with Crippen LogP contribution in [0.5, 0.6) is 0 Å². The third-order valence-electron chi connectivity index (χ3n) is 2.15. The number of amides is 1. The summed E-state index contributed by atoms with van der Waals surface area (Å²) in [6.07, 6.45) is 6.73. The van der Waals surface area contributed by atoms with Crippen LogP contribution in [0.1, 0.15) is 15.9 Å². The molecule has 1 amide bonds. The Labute approximate surface area is 91.0 Å². The van der Waals surface area contributed by atoms with Gasteiger partial charge in [-0.1, -0.05) is 0 Å². The predicted molar refractivity (Wildman–Crippen MR) is 59.7 cm³/mol. The summed E-state index contributed by atoms with van der Waals surface area (Å²) >= 11 is 0. The quantitative estimate of drug-likeness (QED) is 0.588. The lowest BCUT2D eigenvalue weighted by molar-refractivity contribution is -0.113. The standard InChI is InChI=1S/C11H9N3O2/c12-10(16)2-1-7-3-9-8(6-15)5-14-11(9)13-4-7/h1-6H,(H2,12,16)(H,13,14). The fourth-order valence-electron chi connectivity index (χ4n) is 1.41. The molecule has 0 bridgehead atoms. The van der Waals surface area contributed by atoms with Crippen molar-refractivity contribution in [3.8, 4) is 0 Å². The first-order chi connectivity index (χ1) is 7.70. The van der Waals surface area contributed by atoms with Gasteiger partial charge in [-0.2, -0.15) is 0 Å². The molecule has 80 valence electrons. The predicted octanol–water partition coefficient (Wildman–Crippen LogP) is 0.874. The van der Waals surface area contributed by atoms with E-state index in [-0.39, 0.29) is 0 Å². The second-order valence-corrected chi connectivity index (χ2v) is 3.26. The maximum atomic E-state index is 10.7. The van der Waals surface area contributed by atoms with Crippen LogP contribution >= 0.6 is 0 Å². The fourth-order valence-corrected chi connectivity index (χ4v) is 1.41. The minimum Gasteiger partial charge on any atom is -0.366 e. The van der Waals surface area contributed by atoms with E-state index < -0.39 is 5.91 Å². The molecule has 2 aromatic heterocycles.